The normalized spacial score (nSPS) is 13.4. The van der Waals surface area contributed by atoms with E-state index in [2.05, 4.69) is 41.5 Å². The summed E-state index contributed by atoms with van der Waals surface area (Å²) in [5.74, 6) is 1.12. The molecule has 3 nitrogen and oxygen atoms in total. The highest BCUT2D eigenvalue weighted by molar-refractivity contribution is 6.78. The standard InChI is InChI=1S/C24H36O3Si/c1-15(2)28(16(3)4,17(5)6)27-22-11-9-20(10-12-22)24(26)23-18(7)13-21(25)14-19(23)8/h9-17,24-26H,1-8H3. The van der Waals surface area contributed by atoms with Gasteiger partial charge in [-0.1, -0.05) is 53.7 Å². The van der Waals surface area contributed by atoms with Gasteiger partial charge in [0.15, 0.2) is 0 Å². The predicted molar refractivity (Wildman–Crippen MR) is 120 cm³/mol. The molecule has 0 saturated carbocycles. The third kappa shape index (κ3) is 4.28. The third-order valence-electron chi connectivity index (χ3n) is 6.05. The fourth-order valence-corrected chi connectivity index (χ4v) is 10.1. The van der Waals surface area contributed by atoms with Crippen LogP contribution in [0.2, 0.25) is 16.6 Å². The molecule has 1 unspecified atom stereocenters. The number of benzene rings is 2. The van der Waals surface area contributed by atoms with Crippen LogP contribution in [0.4, 0.5) is 0 Å². The Morgan fingerprint density at radius 2 is 1.21 bits per heavy atom. The second-order valence-electron chi connectivity index (χ2n) is 8.88. The molecule has 2 aromatic carbocycles. The quantitative estimate of drug-likeness (QED) is 0.512. The van der Waals surface area contributed by atoms with Crippen LogP contribution in [-0.4, -0.2) is 18.5 Å². The van der Waals surface area contributed by atoms with Crippen molar-refractivity contribution in [3.63, 3.8) is 0 Å². The molecule has 0 amide bonds. The van der Waals surface area contributed by atoms with Crippen molar-refractivity contribution in [2.24, 2.45) is 0 Å². The minimum Gasteiger partial charge on any atom is -0.543 e. The fourth-order valence-electron chi connectivity index (χ4n) is 4.83. The van der Waals surface area contributed by atoms with Crippen LogP contribution in [0, 0.1) is 13.8 Å². The summed E-state index contributed by atoms with van der Waals surface area (Å²) in [6.07, 6.45) is -0.725. The Balaban J connectivity index is 2.33. The molecule has 4 heteroatoms. The average Bonchev–Trinajstić information content (AvgIpc) is 2.58. The highest BCUT2D eigenvalue weighted by atomic mass is 28.4. The summed E-state index contributed by atoms with van der Waals surface area (Å²) in [7, 11) is -1.99. The predicted octanol–water partition coefficient (Wildman–Crippen LogP) is 6.65. The summed E-state index contributed by atoms with van der Waals surface area (Å²) in [6, 6.07) is 11.3. The van der Waals surface area contributed by atoms with Crippen LogP contribution in [0.1, 0.15) is 69.9 Å². The van der Waals surface area contributed by atoms with Gasteiger partial charge in [-0.05, 0) is 77.0 Å². The summed E-state index contributed by atoms with van der Waals surface area (Å²) in [5, 5.41) is 20.7. The lowest BCUT2D eigenvalue weighted by Gasteiger charge is -2.42. The second kappa shape index (κ2) is 8.71. The van der Waals surface area contributed by atoms with Gasteiger partial charge in [0.25, 0.3) is 8.32 Å². The number of aromatic hydroxyl groups is 1. The summed E-state index contributed by atoms with van der Waals surface area (Å²) >= 11 is 0. The van der Waals surface area contributed by atoms with Crippen LogP contribution in [0.5, 0.6) is 11.5 Å². The first-order valence-corrected chi connectivity index (χ1v) is 12.4. The molecular formula is C24H36O3Si. The monoisotopic (exact) mass is 400 g/mol. The first-order valence-electron chi connectivity index (χ1n) is 10.3. The Morgan fingerprint density at radius 1 is 0.786 bits per heavy atom. The molecule has 0 aromatic heterocycles. The summed E-state index contributed by atoms with van der Waals surface area (Å²) in [4.78, 5) is 0. The van der Waals surface area contributed by atoms with Gasteiger partial charge in [0.05, 0.1) is 0 Å². The van der Waals surface area contributed by atoms with Crippen molar-refractivity contribution in [1.82, 2.24) is 0 Å². The van der Waals surface area contributed by atoms with Crippen LogP contribution in [0.15, 0.2) is 36.4 Å². The second-order valence-corrected chi connectivity index (χ2v) is 14.3. The third-order valence-corrected chi connectivity index (χ3v) is 12.1. The van der Waals surface area contributed by atoms with E-state index in [1.54, 1.807) is 12.1 Å². The molecule has 0 bridgehead atoms. The summed E-state index contributed by atoms with van der Waals surface area (Å²) < 4.78 is 6.71. The van der Waals surface area contributed by atoms with Crippen LogP contribution >= 0.6 is 0 Å². The van der Waals surface area contributed by atoms with Crippen molar-refractivity contribution in [1.29, 1.82) is 0 Å². The molecule has 0 heterocycles. The topological polar surface area (TPSA) is 49.7 Å². The van der Waals surface area contributed by atoms with Crippen LogP contribution in [-0.2, 0) is 0 Å². The number of phenolic OH excluding ortho intramolecular Hbond substituents is 1. The van der Waals surface area contributed by atoms with Gasteiger partial charge in [0.1, 0.15) is 17.6 Å². The largest absolute Gasteiger partial charge is 0.543 e. The van der Waals surface area contributed by atoms with Crippen molar-refractivity contribution < 1.29 is 14.6 Å². The maximum Gasteiger partial charge on any atom is 0.258 e. The number of phenols is 1. The molecule has 28 heavy (non-hydrogen) atoms. The SMILES string of the molecule is Cc1cc(O)cc(C)c1C(O)c1ccc(O[Si](C(C)C)(C(C)C)C(C)C)cc1. The van der Waals surface area contributed by atoms with Crippen molar-refractivity contribution in [2.75, 3.05) is 0 Å². The molecule has 0 saturated heterocycles. The average molecular weight is 401 g/mol. The van der Waals surface area contributed by atoms with Crippen molar-refractivity contribution in [3.05, 3.63) is 58.7 Å². The van der Waals surface area contributed by atoms with Crippen LogP contribution in [0.25, 0.3) is 0 Å². The number of rotatable bonds is 7. The molecule has 2 rings (SSSR count). The molecule has 1 atom stereocenters. The number of aryl methyl sites for hydroxylation is 2. The number of hydrogen-bond acceptors (Lipinski definition) is 3. The zero-order chi connectivity index (χ0) is 21.2. The highest BCUT2D eigenvalue weighted by Gasteiger charge is 2.46. The Bertz CT molecular complexity index is 749. The first-order chi connectivity index (χ1) is 13.0. The molecule has 2 aromatic rings. The van der Waals surface area contributed by atoms with Gasteiger partial charge in [-0.15, -0.1) is 0 Å². The van der Waals surface area contributed by atoms with Gasteiger partial charge in [-0.2, -0.15) is 0 Å². The number of aliphatic hydroxyl groups excluding tert-OH is 1. The molecule has 154 valence electrons. The minimum atomic E-state index is -1.99. The van der Waals surface area contributed by atoms with E-state index < -0.39 is 14.4 Å². The van der Waals surface area contributed by atoms with E-state index in [1.165, 1.54) is 0 Å². The van der Waals surface area contributed by atoms with Gasteiger partial charge in [0, 0.05) is 0 Å². The Kier molecular flexibility index (Phi) is 7.00. The zero-order valence-electron chi connectivity index (χ0n) is 18.6. The molecule has 0 aliphatic heterocycles. The van der Waals surface area contributed by atoms with E-state index in [0.29, 0.717) is 16.6 Å². The van der Waals surface area contributed by atoms with Crippen molar-refractivity contribution >= 4 is 8.32 Å². The van der Waals surface area contributed by atoms with E-state index in [4.69, 9.17) is 4.43 Å². The van der Waals surface area contributed by atoms with Crippen molar-refractivity contribution in [3.8, 4) is 11.5 Å². The van der Waals surface area contributed by atoms with Crippen molar-refractivity contribution in [2.45, 2.75) is 78.1 Å². The molecule has 0 spiro atoms. The molecule has 0 aliphatic carbocycles. The van der Waals surface area contributed by atoms with Gasteiger partial charge >= 0.3 is 0 Å². The molecule has 0 radical (unpaired) electrons. The fraction of sp³-hybridized carbons (Fsp3) is 0.500. The van der Waals surface area contributed by atoms with E-state index in [1.807, 2.05) is 38.1 Å². The maximum atomic E-state index is 10.9. The lowest BCUT2D eigenvalue weighted by molar-refractivity contribution is 0.218. The Morgan fingerprint density at radius 3 is 1.61 bits per heavy atom. The molecule has 0 fully saturated rings. The van der Waals surface area contributed by atoms with E-state index in [9.17, 15) is 10.2 Å². The van der Waals surface area contributed by atoms with Crippen LogP contribution < -0.4 is 4.43 Å². The molecule has 0 aliphatic rings. The minimum absolute atomic E-state index is 0.229. The zero-order valence-corrected chi connectivity index (χ0v) is 19.6. The summed E-state index contributed by atoms with van der Waals surface area (Å²) in [5.41, 5.74) is 4.99. The number of aliphatic hydroxyl groups is 1. The smallest absolute Gasteiger partial charge is 0.258 e. The highest BCUT2D eigenvalue weighted by Crippen LogP contribution is 2.43. The maximum absolute atomic E-state index is 10.9. The van der Waals surface area contributed by atoms with Gasteiger partial charge in [-0.25, -0.2) is 0 Å². The summed E-state index contributed by atoms with van der Waals surface area (Å²) in [6.45, 7) is 17.5. The van der Waals surface area contributed by atoms with Gasteiger partial charge in [-0.3, -0.25) is 0 Å². The van der Waals surface area contributed by atoms with E-state index >= 15 is 0 Å². The van der Waals surface area contributed by atoms with E-state index in [0.717, 1.165) is 28.0 Å². The Hall–Kier alpha value is -1.78. The molecule has 2 N–H and O–H groups in total. The van der Waals surface area contributed by atoms with Gasteiger partial charge < -0.3 is 14.6 Å². The Labute approximate surface area is 171 Å². The lowest BCUT2D eigenvalue weighted by atomic mass is 9.93. The first kappa shape index (κ1) is 22.5. The van der Waals surface area contributed by atoms with Crippen LogP contribution in [0.3, 0.4) is 0 Å². The van der Waals surface area contributed by atoms with E-state index in [-0.39, 0.29) is 5.75 Å². The number of hydrogen-bond donors (Lipinski definition) is 2. The molecular weight excluding hydrogens is 364 g/mol. The van der Waals surface area contributed by atoms with Gasteiger partial charge in [0.2, 0.25) is 0 Å². The lowest BCUT2D eigenvalue weighted by Crippen LogP contribution is -2.50.